The van der Waals surface area contributed by atoms with Gasteiger partial charge in [0, 0.05) is 28.2 Å². The maximum Gasteiger partial charge on any atom is 0.271 e. The first-order chi connectivity index (χ1) is 12.2. The SMILES string of the molecule is C#CCn1cc(C=NNC(=O)c2ccc(OC)cc2)c2ccccc21. The highest BCUT2D eigenvalue weighted by Gasteiger charge is 2.07. The second kappa shape index (κ2) is 7.37. The van der Waals surface area contributed by atoms with Crippen LogP contribution in [0.4, 0.5) is 0 Å². The maximum atomic E-state index is 12.1. The predicted octanol–water partition coefficient (Wildman–Crippen LogP) is 3.05. The van der Waals surface area contributed by atoms with Gasteiger partial charge in [0.1, 0.15) is 5.75 Å². The third-order valence-corrected chi connectivity index (χ3v) is 3.80. The Kier molecular flexibility index (Phi) is 4.82. The largest absolute Gasteiger partial charge is 0.497 e. The highest BCUT2D eigenvalue weighted by molar-refractivity contribution is 6.00. The number of para-hydroxylation sites is 1. The molecule has 2 aromatic carbocycles. The van der Waals surface area contributed by atoms with Crippen LogP contribution in [0.3, 0.4) is 0 Å². The van der Waals surface area contributed by atoms with Gasteiger partial charge in [0.2, 0.25) is 0 Å². The number of aromatic nitrogens is 1. The summed E-state index contributed by atoms with van der Waals surface area (Å²) in [4.78, 5) is 12.1. The van der Waals surface area contributed by atoms with Crippen molar-refractivity contribution in [3.8, 4) is 18.1 Å². The van der Waals surface area contributed by atoms with Gasteiger partial charge in [-0.25, -0.2) is 5.43 Å². The molecule has 5 heteroatoms. The van der Waals surface area contributed by atoms with Crippen molar-refractivity contribution in [3.05, 3.63) is 65.9 Å². The lowest BCUT2D eigenvalue weighted by molar-refractivity contribution is 0.0955. The average Bonchev–Trinajstić information content (AvgIpc) is 3.00. The number of rotatable bonds is 5. The normalized spacial score (nSPS) is 10.7. The first-order valence-electron chi connectivity index (χ1n) is 7.71. The number of nitrogens with zero attached hydrogens (tertiary/aromatic N) is 2. The van der Waals surface area contributed by atoms with Crippen LogP contribution >= 0.6 is 0 Å². The van der Waals surface area contributed by atoms with Gasteiger partial charge in [0.05, 0.1) is 19.9 Å². The molecule has 1 heterocycles. The van der Waals surface area contributed by atoms with Crippen LogP contribution in [-0.2, 0) is 6.54 Å². The van der Waals surface area contributed by atoms with E-state index >= 15 is 0 Å². The first-order valence-corrected chi connectivity index (χ1v) is 7.71. The topological polar surface area (TPSA) is 55.6 Å². The molecule has 3 aromatic rings. The van der Waals surface area contributed by atoms with Crippen LogP contribution in [0.25, 0.3) is 10.9 Å². The standard InChI is InChI=1S/C20H17N3O2/c1-3-12-23-14-16(18-6-4-5-7-19(18)23)13-21-22-20(24)15-8-10-17(25-2)11-9-15/h1,4-11,13-14H,12H2,2H3,(H,22,24). The molecule has 0 fully saturated rings. The minimum atomic E-state index is -0.286. The molecule has 5 nitrogen and oxygen atoms in total. The zero-order valence-corrected chi connectivity index (χ0v) is 13.8. The molecule has 0 aliphatic carbocycles. The van der Waals surface area contributed by atoms with Crippen molar-refractivity contribution >= 4 is 23.0 Å². The number of amides is 1. The number of carbonyl (C=O) groups excluding carboxylic acids is 1. The molecule has 1 N–H and O–H groups in total. The monoisotopic (exact) mass is 331 g/mol. The van der Waals surface area contributed by atoms with E-state index in [1.807, 2.05) is 35.0 Å². The van der Waals surface area contributed by atoms with E-state index in [9.17, 15) is 4.79 Å². The van der Waals surface area contributed by atoms with Crippen LogP contribution in [0.1, 0.15) is 15.9 Å². The maximum absolute atomic E-state index is 12.1. The Labute approximate surface area is 145 Å². The minimum absolute atomic E-state index is 0.286. The van der Waals surface area contributed by atoms with Gasteiger partial charge in [0.15, 0.2) is 0 Å². The number of carbonyl (C=O) groups is 1. The molecule has 0 atom stereocenters. The second-order valence-corrected chi connectivity index (χ2v) is 5.36. The van der Waals surface area contributed by atoms with Gasteiger partial charge in [-0.05, 0) is 30.3 Å². The van der Waals surface area contributed by atoms with E-state index < -0.39 is 0 Å². The van der Waals surface area contributed by atoms with Crippen LogP contribution in [-0.4, -0.2) is 23.8 Å². The van der Waals surface area contributed by atoms with Crippen LogP contribution in [0.5, 0.6) is 5.75 Å². The highest BCUT2D eigenvalue weighted by Crippen LogP contribution is 2.19. The molecule has 124 valence electrons. The third kappa shape index (κ3) is 3.54. The summed E-state index contributed by atoms with van der Waals surface area (Å²) in [5, 5.41) is 5.09. The van der Waals surface area contributed by atoms with Crippen molar-refractivity contribution in [2.45, 2.75) is 6.54 Å². The molecule has 0 aliphatic rings. The molecule has 0 unspecified atom stereocenters. The lowest BCUT2D eigenvalue weighted by atomic mass is 10.2. The third-order valence-electron chi connectivity index (χ3n) is 3.80. The van der Waals surface area contributed by atoms with E-state index in [0.717, 1.165) is 16.5 Å². The van der Waals surface area contributed by atoms with Gasteiger partial charge < -0.3 is 9.30 Å². The smallest absolute Gasteiger partial charge is 0.271 e. The lowest BCUT2D eigenvalue weighted by Gasteiger charge is -2.01. The molecule has 0 saturated carbocycles. The number of fused-ring (bicyclic) bond motifs is 1. The molecule has 0 spiro atoms. The Balaban J connectivity index is 1.77. The van der Waals surface area contributed by atoms with E-state index in [1.54, 1.807) is 37.6 Å². The summed E-state index contributed by atoms with van der Waals surface area (Å²) in [5.41, 5.74) is 4.96. The van der Waals surface area contributed by atoms with E-state index in [-0.39, 0.29) is 5.91 Å². The minimum Gasteiger partial charge on any atom is -0.497 e. The molecule has 0 saturated heterocycles. The molecular weight excluding hydrogens is 314 g/mol. The second-order valence-electron chi connectivity index (χ2n) is 5.36. The molecule has 1 amide bonds. The number of nitrogens with one attached hydrogen (secondary N) is 1. The van der Waals surface area contributed by atoms with E-state index in [2.05, 4.69) is 16.4 Å². The molecule has 0 radical (unpaired) electrons. The summed E-state index contributed by atoms with van der Waals surface area (Å²) in [6, 6.07) is 14.7. The Morgan fingerprint density at radius 1 is 1.28 bits per heavy atom. The average molecular weight is 331 g/mol. The summed E-state index contributed by atoms with van der Waals surface area (Å²) in [7, 11) is 1.58. The number of hydrogen-bond donors (Lipinski definition) is 1. The van der Waals surface area contributed by atoms with Crippen molar-refractivity contribution < 1.29 is 9.53 Å². The summed E-state index contributed by atoms with van der Waals surface area (Å²) in [6.07, 6.45) is 8.96. The van der Waals surface area contributed by atoms with Crippen molar-refractivity contribution in [3.63, 3.8) is 0 Å². The Morgan fingerprint density at radius 3 is 2.76 bits per heavy atom. The number of ether oxygens (including phenoxy) is 1. The summed E-state index contributed by atoms with van der Waals surface area (Å²) in [5.74, 6) is 3.04. The zero-order chi connectivity index (χ0) is 17.6. The van der Waals surface area contributed by atoms with Gasteiger partial charge in [-0.15, -0.1) is 6.42 Å². The molecule has 25 heavy (non-hydrogen) atoms. The van der Waals surface area contributed by atoms with Crippen LogP contribution in [0.2, 0.25) is 0 Å². The van der Waals surface area contributed by atoms with Crippen LogP contribution in [0.15, 0.2) is 59.8 Å². The van der Waals surface area contributed by atoms with Gasteiger partial charge in [-0.3, -0.25) is 4.79 Å². The zero-order valence-electron chi connectivity index (χ0n) is 13.8. The number of benzene rings is 2. The fourth-order valence-electron chi connectivity index (χ4n) is 2.57. The fourth-order valence-corrected chi connectivity index (χ4v) is 2.57. The van der Waals surface area contributed by atoms with E-state index in [0.29, 0.717) is 17.9 Å². The van der Waals surface area contributed by atoms with Gasteiger partial charge in [0.25, 0.3) is 5.91 Å². The van der Waals surface area contributed by atoms with Crippen LogP contribution < -0.4 is 10.2 Å². The highest BCUT2D eigenvalue weighted by atomic mass is 16.5. The molecule has 0 aliphatic heterocycles. The summed E-state index contributed by atoms with van der Waals surface area (Å²) >= 11 is 0. The van der Waals surface area contributed by atoms with Crippen molar-refractivity contribution in [1.82, 2.24) is 9.99 Å². The molecule has 0 bridgehead atoms. The number of terminal acetylenes is 1. The number of hydrogen-bond acceptors (Lipinski definition) is 3. The Bertz CT molecular complexity index is 963. The van der Waals surface area contributed by atoms with Gasteiger partial charge in [-0.1, -0.05) is 24.1 Å². The number of hydrazone groups is 1. The Hall–Kier alpha value is -3.52. The van der Waals surface area contributed by atoms with E-state index in [1.165, 1.54) is 0 Å². The van der Waals surface area contributed by atoms with Crippen LogP contribution in [0, 0.1) is 12.3 Å². The van der Waals surface area contributed by atoms with Crippen molar-refractivity contribution in [1.29, 1.82) is 0 Å². The first kappa shape index (κ1) is 16.3. The quantitative estimate of drug-likeness (QED) is 0.444. The van der Waals surface area contributed by atoms with Crippen molar-refractivity contribution in [2.75, 3.05) is 7.11 Å². The predicted molar refractivity (Wildman–Crippen MR) is 98.8 cm³/mol. The Morgan fingerprint density at radius 2 is 2.04 bits per heavy atom. The molecule has 1 aromatic heterocycles. The van der Waals surface area contributed by atoms with Gasteiger partial charge in [-0.2, -0.15) is 5.10 Å². The molecule has 3 rings (SSSR count). The molecular formula is C20H17N3O2. The summed E-state index contributed by atoms with van der Waals surface area (Å²) in [6.45, 7) is 0.479. The number of methoxy groups -OCH3 is 1. The summed E-state index contributed by atoms with van der Waals surface area (Å²) < 4.78 is 7.05. The van der Waals surface area contributed by atoms with Crippen molar-refractivity contribution in [2.24, 2.45) is 5.10 Å². The van der Waals surface area contributed by atoms with E-state index in [4.69, 9.17) is 11.2 Å². The lowest BCUT2D eigenvalue weighted by Crippen LogP contribution is -2.17. The van der Waals surface area contributed by atoms with Gasteiger partial charge >= 0.3 is 0 Å². The fraction of sp³-hybridized carbons (Fsp3) is 0.100.